The maximum Gasteiger partial charge on any atom is 0.0945 e. The van der Waals surface area contributed by atoms with E-state index in [-0.39, 0.29) is 0 Å². The third-order valence-electron chi connectivity index (χ3n) is 2.43. The summed E-state index contributed by atoms with van der Waals surface area (Å²) in [7, 11) is 3.89. The zero-order valence-corrected chi connectivity index (χ0v) is 10.6. The number of hydrogen-bond donors (Lipinski definition) is 1. The Morgan fingerprint density at radius 3 is 2.94 bits per heavy atom. The average molecular weight is 236 g/mol. The van der Waals surface area contributed by atoms with E-state index in [0.29, 0.717) is 0 Å². The van der Waals surface area contributed by atoms with Gasteiger partial charge in [-0.15, -0.1) is 11.3 Å². The highest BCUT2D eigenvalue weighted by Crippen LogP contribution is 2.24. The minimum Gasteiger partial charge on any atom is -0.319 e. The van der Waals surface area contributed by atoms with Crippen LogP contribution in [-0.2, 0) is 13.5 Å². The van der Waals surface area contributed by atoms with E-state index in [0.717, 1.165) is 29.9 Å². The predicted molar refractivity (Wildman–Crippen MR) is 66.7 cm³/mol. The summed E-state index contributed by atoms with van der Waals surface area (Å²) in [6.45, 7) is 2.99. The number of nitrogens with one attached hydrogen (secondary N) is 1. The molecule has 0 spiro atoms. The quantitative estimate of drug-likeness (QED) is 0.877. The predicted octanol–water partition coefficient (Wildman–Crippen LogP) is 1.61. The second-order valence-corrected chi connectivity index (χ2v) is 4.72. The highest BCUT2D eigenvalue weighted by molar-refractivity contribution is 7.09. The lowest BCUT2D eigenvalue weighted by Crippen LogP contribution is -2.09. The lowest BCUT2D eigenvalue weighted by Gasteiger charge is -1.94. The van der Waals surface area contributed by atoms with Crippen molar-refractivity contribution in [1.29, 1.82) is 0 Å². The van der Waals surface area contributed by atoms with Gasteiger partial charge in [-0.3, -0.25) is 4.68 Å². The van der Waals surface area contributed by atoms with Crippen LogP contribution >= 0.6 is 11.3 Å². The van der Waals surface area contributed by atoms with Crippen LogP contribution in [0.2, 0.25) is 0 Å². The molecule has 2 aromatic heterocycles. The molecule has 2 aromatic rings. The number of nitrogens with zero attached hydrogens (tertiary/aromatic N) is 3. The van der Waals surface area contributed by atoms with Gasteiger partial charge < -0.3 is 5.32 Å². The molecule has 0 unspecified atom stereocenters. The van der Waals surface area contributed by atoms with Gasteiger partial charge in [0.1, 0.15) is 0 Å². The van der Waals surface area contributed by atoms with Crippen LogP contribution in [0.3, 0.4) is 0 Å². The standard InChI is InChI=1S/C11H16N4S/c1-8-9(6-15(3)14-8)10-7-16-11(13-10)4-5-12-2/h6-7,12H,4-5H2,1-3H3. The molecule has 2 rings (SSSR count). The van der Waals surface area contributed by atoms with Crippen LogP contribution < -0.4 is 5.32 Å². The molecule has 0 bridgehead atoms. The molecule has 16 heavy (non-hydrogen) atoms. The number of thiazole rings is 1. The van der Waals surface area contributed by atoms with Crippen molar-refractivity contribution >= 4 is 11.3 Å². The number of likely N-dealkylation sites (N-methyl/N-ethyl adjacent to an activating group) is 1. The van der Waals surface area contributed by atoms with Crippen molar-refractivity contribution in [2.75, 3.05) is 13.6 Å². The summed E-state index contributed by atoms with van der Waals surface area (Å²) < 4.78 is 1.83. The van der Waals surface area contributed by atoms with Gasteiger partial charge in [0.2, 0.25) is 0 Å². The molecule has 5 heteroatoms. The van der Waals surface area contributed by atoms with E-state index in [1.807, 2.05) is 31.9 Å². The van der Waals surface area contributed by atoms with Gasteiger partial charge in [0.15, 0.2) is 0 Å². The number of aryl methyl sites for hydroxylation is 2. The summed E-state index contributed by atoms with van der Waals surface area (Å²) in [5.74, 6) is 0. The molecule has 0 aliphatic heterocycles. The fraction of sp³-hybridized carbons (Fsp3) is 0.455. The van der Waals surface area contributed by atoms with Crippen LogP contribution in [0, 0.1) is 6.92 Å². The first-order valence-electron chi connectivity index (χ1n) is 5.30. The third kappa shape index (κ3) is 2.31. The van der Waals surface area contributed by atoms with Crippen molar-refractivity contribution in [1.82, 2.24) is 20.1 Å². The normalized spacial score (nSPS) is 10.9. The van der Waals surface area contributed by atoms with Gasteiger partial charge in [-0.2, -0.15) is 5.10 Å². The first kappa shape index (κ1) is 11.3. The SMILES string of the molecule is CNCCc1nc(-c2cn(C)nc2C)cs1. The number of aromatic nitrogens is 3. The molecule has 4 nitrogen and oxygen atoms in total. The van der Waals surface area contributed by atoms with Gasteiger partial charge in [0.05, 0.1) is 16.4 Å². The Morgan fingerprint density at radius 2 is 2.31 bits per heavy atom. The average Bonchev–Trinajstić information content (AvgIpc) is 2.82. The zero-order chi connectivity index (χ0) is 11.5. The Hall–Kier alpha value is -1.20. The first-order chi connectivity index (χ1) is 7.70. The molecule has 1 N–H and O–H groups in total. The van der Waals surface area contributed by atoms with Crippen LogP contribution in [-0.4, -0.2) is 28.4 Å². The maximum atomic E-state index is 4.62. The van der Waals surface area contributed by atoms with E-state index in [9.17, 15) is 0 Å². The molecule has 0 saturated heterocycles. The molecule has 0 aliphatic carbocycles. The second-order valence-electron chi connectivity index (χ2n) is 3.78. The summed E-state index contributed by atoms with van der Waals surface area (Å²) in [5, 5.41) is 10.7. The fourth-order valence-electron chi connectivity index (χ4n) is 1.63. The zero-order valence-electron chi connectivity index (χ0n) is 9.82. The molecular formula is C11H16N4S. The molecule has 0 fully saturated rings. The molecule has 2 heterocycles. The minimum absolute atomic E-state index is 0.971. The largest absolute Gasteiger partial charge is 0.319 e. The van der Waals surface area contributed by atoms with Gasteiger partial charge in [0, 0.05) is 37.2 Å². The third-order valence-corrected chi connectivity index (χ3v) is 3.34. The Balaban J connectivity index is 2.21. The topological polar surface area (TPSA) is 42.7 Å². The Bertz CT molecular complexity index is 472. The van der Waals surface area contributed by atoms with Crippen LogP contribution in [0.15, 0.2) is 11.6 Å². The second kappa shape index (κ2) is 4.76. The van der Waals surface area contributed by atoms with E-state index in [4.69, 9.17) is 0 Å². The number of hydrogen-bond acceptors (Lipinski definition) is 4. The van der Waals surface area contributed by atoms with Crippen LogP contribution in [0.4, 0.5) is 0 Å². The summed E-state index contributed by atoms with van der Waals surface area (Å²) in [4.78, 5) is 4.62. The van der Waals surface area contributed by atoms with Crippen LogP contribution in [0.1, 0.15) is 10.7 Å². The van der Waals surface area contributed by atoms with Crippen molar-refractivity contribution in [3.8, 4) is 11.3 Å². The molecule has 86 valence electrons. The van der Waals surface area contributed by atoms with Crippen molar-refractivity contribution in [2.24, 2.45) is 7.05 Å². The maximum absolute atomic E-state index is 4.62. The van der Waals surface area contributed by atoms with Gasteiger partial charge in [-0.1, -0.05) is 0 Å². The Morgan fingerprint density at radius 1 is 1.50 bits per heavy atom. The van der Waals surface area contributed by atoms with Gasteiger partial charge in [-0.05, 0) is 14.0 Å². The lowest BCUT2D eigenvalue weighted by molar-refractivity contribution is 0.756. The first-order valence-corrected chi connectivity index (χ1v) is 6.18. The molecule has 0 amide bonds. The summed E-state index contributed by atoms with van der Waals surface area (Å²) in [6.07, 6.45) is 3.01. The smallest absolute Gasteiger partial charge is 0.0945 e. The van der Waals surface area contributed by atoms with E-state index in [2.05, 4.69) is 20.8 Å². The number of rotatable bonds is 4. The molecule has 0 atom stereocenters. The molecular weight excluding hydrogens is 220 g/mol. The van der Waals surface area contributed by atoms with Gasteiger partial charge >= 0.3 is 0 Å². The van der Waals surface area contributed by atoms with Crippen molar-refractivity contribution in [3.05, 3.63) is 22.3 Å². The van der Waals surface area contributed by atoms with Crippen LogP contribution in [0.5, 0.6) is 0 Å². The van der Waals surface area contributed by atoms with Crippen molar-refractivity contribution in [2.45, 2.75) is 13.3 Å². The Kier molecular flexibility index (Phi) is 3.36. The summed E-state index contributed by atoms with van der Waals surface area (Å²) >= 11 is 1.71. The minimum atomic E-state index is 0.971. The van der Waals surface area contributed by atoms with Gasteiger partial charge in [-0.25, -0.2) is 4.98 Å². The van der Waals surface area contributed by atoms with E-state index in [1.165, 1.54) is 5.01 Å². The monoisotopic (exact) mass is 236 g/mol. The van der Waals surface area contributed by atoms with E-state index < -0.39 is 0 Å². The summed E-state index contributed by atoms with van der Waals surface area (Å²) in [5.41, 5.74) is 3.21. The van der Waals surface area contributed by atoms with E-state index in [1.54, 1.807) is 11.3 Å². The Labute approximate surface area is 99.3 Å². The molecule has 0 aliphatic rings. The summed E-state index contributed by atoms with van der Waals surface area (Å²) in [6, 6.07) is 0. The molecule has 0 saturated carbocycles. The van der Waals surface area contributed by atoms with Crippen LogP contribution in [0.25, 0.3) is 11.3 Å². The van der Waals surface area contributed by atoms with E-state index >= 15 is 0 Å². The van der Waals surface area contributed by atoms with Crippen molar-refractivity contribution in [3.63, 3.8) is 0 Å². The highest BCUT2D eigenvalue weighted by atomic mass is 32.1. The molecule has 0 radical (unpaired) electrons. The van der Waals surface area contributed by atoms with Crippen molar-refractivity contribution < 1.29 is 0 Å². The highest BCUT2D eigenvalue weighted by Gasteiger charge is 2.09. The molecule has 0 aromatic carbocycles. The fourth-order valence-corrected chi connectivity index (χ4v) is 2.43. The van der Waals surface area contributed by atoms with Gasteiger partial charge in [0.25, 0.3) is 0 Å². The lowest BCUT2D eigenvalue weighted by atomic mass is 10.2.